The largest absolute Gasteiger partial charge is 0.484 e. The Morgan fingerprint density at radius 1 is 1.00 bits per heavy atom. The summed E-state index contributed by atoms with van der Waals surface area (Å²) in [5.74, 6) is 0.193. The van der Waals surface area contributed by atoms with E-state index < -0.39 is 10.0 Å². The first-order valence-corrected chi connectivity index (χ1v) is 11.1. The Bertz CT molecular complexity index is 839. The van der Waals surface area contributed by atoms with Gasteiger partial charge in [0.1, 0.15) is 5.75 Å². The predicted octanol–water partition coefficient (Wildman–Crippen LogP) is 2.13. The Labute approximate surface area is 172 Å². The fourth-order valence-corrected chi connectivity index (χ4v) is 3.55. The van der Waals surface area contributed by atoms with Crippen molar-refractivity contribution in [3.8, 4) is 5.75 Å². The van der Waals surface area contributed by atoms with Crippen molar-refractivity contribution >= 4 is 15.9 Å². The summed E-state index contributed by atoms with van der Waals surface area (Å²) < 4.78 is 37.9. The molecule has 0 atom stereocenters. The zero-order valence-electron chi connectivity index (χ0n) is 16.6. The van der Waals surface area contributed by atoms with Gasteiger partial charge in [-0.15, -0.1) is 0 Å². The van der Waals surface area contributed by atoms with Gasteiger partial charge < -0.3 is 14.8 Å². The van der Waals surface area contributed by atoms with Gasteiger partial charge in [0.05, 0.1) is 4.90 Å². The molecule has 0 aromatic heterocycles. The summed E-state index contributed by atoms with van der Waals surface area (Å²) >= 11 is 0. The van der Waals surface area contributed by atoms with Gasteiger partial charge in [-0.25, -0.2) is 13.1 Å². The van der Waals surface area contributed by atoms with Crippen molar-refractivity contribution in [2.75, 3.05) is 32.9 Å². The lowest BCUT2D eigenvalue weighted by molar-refractivity contribution is -0.123. The molecule has 0 radical (unpaired) electrons. The number of amides is 1. The van der Waals surface area contributed by atoms with E-state index in [1.807, 2.05) is 37.3 Å². The van der Waals surface area contributed by atoms with Crippen LogP contribution in [0.1, 0.15) is 18.9 Å². The molecule has 2 aromatic rings. The predicted molar refractivity (Wildman–Crippen MR) is 111 cm³/mol. The minimum atomic E-state index is -3.59. The maximum Gasteiger partial charge on any atom is 0.257 e. The third kappa shape index (κ3) is 8.64. The number of carbonyl (C=O) groups excluding carboxylic acids is 1. The second-order valence-electron chi connectivity index (χ2n) is 6.29. The Hall–Kier alpha value is -2.42. The molecule has 158 valence electrons. The SMILES string of the molecule is CCOCCCNC(=O)COc1ccc(S(=O)(=O)NCCc2ccccc2)cc1. The third-order valence-corrected chi connectivity index (χ3v) is 5.52. The Morgan fingerprint density at radius 2 is 1.72 bits per heavy atom. The summed E-state index contributed by atoms with van der Waals surface area (Å²) in [6.45, 7) is 3.89. The Morgan fingerprint density at radius 3 is 2.41 bits per heavy atom. The van der Waals surface area contributed by atoms with Crippen molar-refractivity contribution in [1.29, 1.82) is 0 Å². The molecule has 2 aromatic carbocycles. The topological polar surface area (TPSA) is 93.7 Å². The van der Waals surface area contributed by atoms with E-state index in [0.29, 0.717) is 38.5 Å². The number of hydrogen-bond acceptors (Lipinski definition) is 5. The van der Waals surface area contributed by atoms with Gasteiger partial charge in [0.2, 0.25) is 10.0 Å². The smallest absolute Gasteiger partial charge is 0.257 e. The first-order valence-electron chi connectivity index (χ1n) is 9.62. The second kappa shape index (κ2) is 12.2. The lowest BCUT2D eigenvalue weighted by atomic mass is 10.2. The molecule has 0 bridgehead atoms. The van der Waals surface area contributed by atoms with Crippen molar-refractivity contribution in [2.45, 2.75) is 24.7 Å². The molecule has 0 aliphatic rings. The molecule has 0 heterocycles. The molecule has 2 rings (SSSR count). The van der Waals surface area contributed by atoms with Crippen LogP contribution in [0.3, 0.4) is 0 Å². The van der Waals surface area contributed by atoms with E-state index >= 15 is 0 Å². The molecule has 0 saturated carbocycles. The van der Waals surface area contributed by atoms with E-state index in [0.717, 1.165) is 12.0 Å². The summed E-state index contributed by atoms with van der Waals surface area (Å²) in [7, 11) is -3.59. The van der Waals surface area contributed by atoms with Gasteiger partial charge in [0.15, 0.2) is 6.61 Å². The van der Waals surface area contributed by atoms with Crippen molar-refractivity contribution in [2.24, 2.45) is 0 Å². The van der Waals surface area contributed by atoms with Crippen LogP contribution < -0.4 is 14.8 Å². The highest BCUT2D eigenvalue weighted by Crippen LogP contribution is 2.16. The van der Waals surface area contributed by atoms with Gasteiger partial charge in [0, 0.05) is 26.3 Å². The number of sulfonamides is 1. The van der Waals surface area contributed by atoms with Crippen LogP contribution in [0.5, 0.6) is 5.75 Å². The number of ether oxygens (including phenoxy) is 2. The van der Waals surface area contributed by atoms with Crippen molar-refractivity contribution in [3.05, 3.63) is 60.2 Å². The molecular weight excluding hydrogens is 392 g/mol. The van der Waals surface area contributed by atoms with E-state index in [2.05, 4.69) is 10.0 Å². The van der Waals surface area contributed by atoms with E-state index in [1.165, 1.54) is 24.3 Å². The summed E-state index contributed by atoms with van der Waals surface area (Å²) in [4.78, 5) is 11.9. The summed E-state index contributed by atoms with van der Waals surface area (Å²) in [6, 6.07) is 15.7. The number of nitrogens with one attached hydrogen (secondary N) is 2. The maximum absolute atomic E-state index is 12.4. The fourth-order valence-electron chi connectivity index (χ4n) is 2.52. The number of carbonyl (C=O) groups is 1. The number of benzene rings is 2. The highest BCUT2D eigenvalue weighted by molar-refractivity contribution is 7.89. The van der Waals surface area contributed by atoms with Crippen molar-refractivity contribution < 1.29 is 22.7 Å². The highest BCUT2D eigenvalue weighted by Gasteiger charge is 2.13. The quantitative estimate of drug-likeness (QED) is 0.484. The zero-order chi connectivity index (χ0) is 21.0. The van der Waals surface area contributed by atoms with Crippen LogP contribution in [0.15, 0.2) is 59.5 Å². The molecule has 1 amide bonds. The first kappa shape index (κ1) is 22.9. The monoisotopic (exact) mass is 420 g/mol. The summed E-state index contributed by atoms with van der Waals surface area (Å²) in [5.41, 5.74) is 1.06. The van der Waals surface area contributed by atoms with Gasteiger partial charge in [0.25, 0.3) is 5.91 Å². The van der Waals surface area contributed by atoms with Crippen molar-refractivity contribution in [3.63, 3.8) is 0 Å². The van der Waals surface area contributed by atoms with Gasteiger partial charge in [-0.05, 0) is 49.6 Å². The standard InChI is InChI=1S/C21H28N2O5S/c1-2-27-16-6-14-22-21(24)17-28-19-9-11-20(12-10-19)29(25,26)23-15-13-18-7-4-3-5-8-18/h3-5,7-12,23H,2,6,13-17H2,1H3,(H,22,24). The van der Waals surface area contributed by atoms with E-state index in [1.54, 1.807) is 0 Å². The first-order chi connectivity index (χ1) is 14.0. The summed E-state index contributed by atoms with van der Waals surface area (Å²) in [5, 5.41) is 2.73. The average molecular weight is 421 g/mol. The van der Waals surface area contributed by atoms with E-state index in [-0.39, 0.29) is 17.4 Å². The van der Waals surface area contributed by atoms with Crippen LogP contribution in [0, 0.1) is 0 Å². The number of rotatable bonds is 13. The van der Waals surface area contributed by atoms with Crippen LogP contribution in [0.2, 0.25) is 0 Å². The molecule has 29 heavy (non-hydrogen) atoms. The van der Waals surface area contributed by atoms with Gasteiger partial charge in [-0.3, -0.25) is 4.79 Å². The van der Waals surface area contributed by atoms with Crippen molar-refractivity contribution in [1.82, 2.24) is 10.0 Å². The molecular formula is C21H28N2O5S. The van der Waals surface area contributed by atoms with Crippen LogP contribution in [0.4, 0.5) is 0 Å². The van der Waals surface area contributed by atoms with Gasteiger partial charge >= 0.3 is 0 Å². The normalized spacial score (nSPS) is 11.2. The Kier molecular flexibility index (Phi) is 9.63. The van der Waals surface area contributed by atoms with E-state index in [4.69, 9.17) is 9.47 Å². The average Bonchev–Trinajstić information content (AvgIpc) is 2.73. The van der Waals surface area contributed by atoms with Gasteiger partial charge in [-0.2, -0.15) is 0 Å². The Balaban J connectivity index is 1.74. The third-order valence-electron chi connectivity index (χ3n) is 4.04. The molecule has 0 fully saturated rings. The van der Waals surface area contributed by atoms with Crippen LogP contribution in [0.25, 0.3) is 0 Å². The minimum absolute atomic E-state index is 0.129. The zero-order valence-corrected chi connectivity index (χ0v) is 17.4. The number of hydrogen-bond donors (Lipinski definition) is 2. The fraction of sp³-hybridized carbons (Fsp3) is 0.381. The molecule has 0 unspecified atom stereocenters. The molecule has 0 spiro atoms. The minimum Gasteiger partial charge on any atom is -0.484 e. The highest BCUT2D eigenvalue weighted by atomic mass is 32.2. The van der Waals surface area contributed by atoms with Crippen LogP contribution in [-0.4, -0.2) is 47.2 Å². The lowest BCUT2D eigenvalue weighted by Gasteiger charge is -2.09. The van der Waals surface area contributed by atoms with Crippen LogP contribution >= 0.6 is 0 Å². The van der Waals surface area contributed by atoms with Gasteiger partial charge in [-0.1, -0.05) is 30.3 Å². The maximum atomic E-state index is 12.4. The molecule has 7 nitrogen and oxygen atoms in total. The van der Waals surface area contributed by atoms with Crippen LogP contribution in [-0.2, 0) is 26.0 Å². The molecule has 0 aliphatic carbocycles. The molecule has 8 heteroatoms. The lowest BCUT2D eigenvalue weighted by Crippen LogP contribution is -2.30. The van der Waals surface area contributed by atoms with E-state index in [9.17, 15) is 13.2 Å². The molecule has 2 N–H and O–H groups in total. The summed E-state index contributed by atoms with van der Waals surface area (Å²) in [6.07, 6.45) is 1.35. The molecule has 0 saturated heterocycles. The second-order valence-corrected chi connectivity index (χ2v) is 8.06. The molecule has 0 aliphatic heterocycles.